The molecule has 0 aliphatic carbocycles. The van der Waals surface area contributed by atoms with Crippen LogP contribution in [0.5, 0.6) is 0 Å². The molecular weight excluding hydrogens is 360 g/mol. The van der Waals surface area contributed by atoms with Crippen LogP contribution in [-0.2, 0) is 23.4 Å². The van der Waals surface area contributed by atoms with Crippen LogP contribution in [0.2, 0.25) is 0 Å². The highest BCUT2D eigenvalue weighted by molar-refractivity contribution is 7.92. The van der Waals surface area contributed by atoms with Crippen molar-refractivity contribution in [3.8, 4) is 11.1 Å². The topological polar surface area (TPSA) is 68.1 Å². The Bertz CT molecular complexity index is 1110. The molecule has 0 unspecified atom stereocenters. The van der Waals surface area contributed by atoms with E-state index in [9.17, 15) is 8.42 Å². The lowest BCUT2D eigenvalue weighted by Crippen LogP contribution is -2.25. The minimum atomic E-state index is -3.28. The summed E-state index contributed by atoms with van der Waals surface area (Å²) >= 11 is 0. The number of likely N-dealkylation sites (tertiary alicyclic amines) is 1. The summed E-state index contributed by atoms with van der Waals surface area (Å²) in [6.45, 7) is 2.05. The van der Waals surface area contributed by atoms with Gasteiger partial charge in [0.05, 0.1) is 16.3 Å². The molecule has 2 aromatic heterocycles. The van der Waals surface area contributed by atoms with Gasteiger partial charge in [0.15, 0.2) is 9.84 Å². The first kappa shape index (κ1) is 16.6. The largest absolute Gasteiger partial charge is 0.297 e. The summed E-state index contributed by atoms with van der Waals surface area (Å²) in [4.78, 5) is 6.89. The zero-order chi connectivity index (χ0) is 18.6. The average Bonchev–Trinajstić information content (AvgIpc) is 3.33. The Morgan fingerprint density at radius 3 is 2.78 bits per heavy atom. The summed E-state index contributed by atoms with van der Waals surface area (Å²) in [5, 5.41) is 3.87. The molecule has 4 heterocycles. The SMILES string of the molecule is Cn1cc(-c2ccc3c(c2)[C@H]2CN(Cc4cccnc4)C[C@@H]2S3(=O)=O)cn1. The highest BCUT2D eigenvalue weighted by atomic mass is 32.2. The van der Waals surface area contributed by atoms with E-state index in [0.29, 0.717) is 11.4 Å². The average molecular weight is 380 g/mol. The maximum Gasteiger partial charge on any atom is 0.183 e. The summed E-state index contributed by atoms with van der Waals surface area (Å²) < 4.78 is 27.9. The van der Waals surface area contributed by atoms with E-state index < -0.39 is 9.84 Å². The van der Waals surface area contributed by atoms with Crippen LogP contribution in [0, 0.1) is 0 Å². The van der Waals surface area contributed by atoms with Crippen molar-refractivity contribution in [2.45, 2.75) is 22.6 Å². The highest BCUT2D eigenvalue weighted by Gasteiger charge is 2.50. The molecule has 0 spiro atoms. The number of rotatable bonds is 3. The van der Waals surface area contributed by atoms with E-state index in [1.165, 1.54) is 0 Å². The number of pyridine rings is 1. The minimum absolute atomic E-state index is 0.0262. The van der Waals surface area contributed by atoms with Crippen molar-refractivity contribution >= 4 is 9.84 Å². The number of hydrogen-bond acceptors (Lipinski definition) is 5. The predicted molar refractivity (Wildman–Crippen MR) is 102 cm³/mol. The van der Waals surface area contributed by atoms with Gasteiger partial charge in [-0.2, -0.15) is 5.10 Å². The molecule has 0 radical (unpaired) electrons. The van der Waals surface area contributed by atoms with Crippen LogP contribution in [0.15, 0.2) is 60.0 Å². The smallest absolute Gasteiger partial charge is 0.183 e. The molecule has 2 aliphatic heterocycles. The number of benzene rings is 1. The van der Waals surface area contributed by atoms with E-state index in [2.05, 4.69) is 15.0 Å². The van der Waals surface area contributed by atoms with Crippen molar-refractivity contribution in [2.75, 3.05) is 13.1 Å². The Labute approximate surface area is 158 Å². The molecule has 0 N–H and O–H groups in total. The molecule has 1 saturated heterocycles. The monoisotopic (exact) mass is 380 g/mol. The van der Waals surface area contributed by atoms with E-state index in [4.69, 9.17) is 0 Å². The van der Waals surface area contributed by atoms with Crippen molar-refractivity contribution in [2.24, 2.45) is 7.05 Å². The first-order valence-corrected chi connectivity index (χ1v) is 10.5. The van der Waals surface area contributed by atoms with Crippen LogP contribution in [0.1, 0.15) is 17.0 Å². The van der Waals surface area contributed by atoms with E-state index >= 15 is 0 Å². The molecule has 5 rings (SSSR count). The van der Waals surface area contributed by atoms with Crippen molar-refractivity contribution in [1.82, 2.24) is 19.7 Å². The van der Waals surface area contributed by atoms with Gasteiger partial charge in [-0.3, -0.25) is 14.6 Å². The van der Waals surface area contributed by atoms with Crippen LogP contribution in [0.25, 0.3) is 11.1 Å². The Morgan fingerprint density at radius 1 is 1.15 bits per heavy atom. The van der Waals surface area contributed by atoms with Gasteiger partial charge in [0, 0.05) is 56.8 Å². The van der Waals surface area contributed by atoms with Crippen LogP contribution in [0.3, 0.4) is 0 Å². The summed E-state index contributed by atoms with van der Waals surface area (Å²) in [5.74, 6) is 0.0262. The fraction of sp³-hybridized carbons (Fsp3) is 0.300. The number of hydrogen-bond donors (Lipinski definition) is 0. The molecular formula is C20H20N4O2S. The maximum atomic E-state index is 13.1. The van der Waals surface area contributed by atoms with Gasteiger partial charge in [0.25, 0.3) is 0 Å². The predicted octanol–water partition coefficient (Wildman–Crippen LogP) is 2.24. The molecule has 138 valence electrons. The molecule has 0 amide bonds. The van der Waals surface area contributed by atoms with E-state index in [1.807, 2.05) is 49.9 Å². The van der Waals surface area contributed by atoms with Crippen molar-refractivity contribution < 1.29 is 8.42 Å². The molecule has 2 atom stereocenters. The lowest BCUT2D eigenvalue weighted by Gasteiger charge is -2.17. The minimum Gasteiger partial charge on any atom is -0.297 e. The fourth-order valence-corrected chi connectivity index (χ4v) is 6.55. The van der Waals surface area contributed by atoms with Gasteiger partial charge in [-0.25, -0.2) is 8.42 Å². The number of fused-ring (bicyclic) bond motifs is 3. The van der Waals surface area contributed by atoms with Gasteiger partial charge >= 0.3 is 0 Å². The van der Waals surface area contributed by atoms with Crippen LogP contribution >= 0.6 is 0 Å². The second kappa shape index (κ2) is 6.00. The molecule has 0 saturated carbocycles. The number of aryl methyl sites for hydroxylation is 1. The Kier molecular flexibility index (Phi) is 3.70. The van der Waals surface area contributed by atoms with Gasteiger partial charge in [-0.1, -0.05) is 12.1 Å². The van der Waals surface area contributed by atoms with E-state index in [-0.39, 0.29) is 11.2 Å². The molecule has 27 heavy (non-hydrogen) atoms. The molecule has 7 heteroatoms. The molecule has 6 nitrogen and oxygen atoms in total. The van der Waals surface area contributed by atoms with Gasteiger partial charge in [-0.15, -0.1) is 0 Å². The van der Waals surface area contributed by atoms with Gasteiger partial charge in [0.1, 0.15) is 0 Å². The Morgan fingerprint density at radius 2 is 2.04 bits per heavy atom. The van der Waals surface area contributed by atoms with Gasteiger partial charge < -0.3 is 0 Å². The van der Waals surface area contributed by atoms with Gasteiger partial charge in [0.2, 0.25) is 0 Å². The summed E-state index contributed by atoms with van der Waals surface area (Å²) in [5.41, 5.74) is 4.09. The molecule has 1 fully saturated rings. The third-order valence-electron chi connectivity index (χ3n) is 5.62. The van der Waals surface area contributed by atoms with E-state index in [0.717, 1.165) is 35.3 Å². The van der Waals surface area contributed by atoms with Crippen molar-refractivity contribution in [3.05, 3.63) is 66.2 Å². The van der Waals surface area contributed by atoms with E-state index in [1.54, 1.807) is 16.9 Å². The van der Waals surface area contributed by atoms with Crippen LogP contribution in [-0.4, -0.2) is 46.4 Å². The molecule has 1 aromatic carbocycles. The summed E-state index contributed by atoms with van der Waals surface area (Å²) in [6.07, 6.45) is 7.36. The van der Waals surface area contributed by atoms with Crippen molar-refractivity contribution in [3.63, 3.8) is 0 Å². The second-order valence-corrected chi connectivity index (χ2v) is 9.54. The quantitative estimate of drug-likeness (QED) is 0.697. The van der Waals surface area contributed by atoms with Gasteiger partial charge in [-0.05, 0) is 34.9 Å². The highest BCUT2D eigenvalue weighted by Crippen LogP contribution is 2.46. The lowest BCUT2D eigenvalue weighted by atomic mass is 9.95. The zero-order valence-electron chi connectivity index (χ0n) is 15.0. The number of nitrogens with zero attached hydrogens (tertiary/aromatic N) is 4. The second-order valence-electron chi connectivity index (χ2n) is 7.40. The Hall–Kier alpha value is -2.51. The summed E-state index contributed by atoms with van der Waals surface area (Å²) in [6, 6.07) is 9.66. The first-order valence-electron chi connectivity index (χ1n) is 9.00. The van der Waals surface area contributed by atoms with Crippen LogP contribution < -0.4 is 0 Å². The number of sulfone groups is 1. The van der Waals surface area contributed by atoms with Crippen molar-refractivity contribution in [1.29, 1.82) is 0 Å². The maximum absolute atomic E-state index is 13.1. The third-order valence-corrected chi connectivity index (χ3v) is 7.88. The summed E-state index contributed by atoms with van der Waals surface area (Å²) in [7, 11) is -1.40. The Balaban J connectivity index is 1.48. The molecule has 2 aliphatic rings. The third kappa shape index (κ3) is 2.69. The lowest BCUT2D eigenvalue weighted by molar-refractivity contribution is 0.325. The first-order chi connectivity index (χ1) is 13.0. The fourth-order valence-electron chi connectivity index (χ4n) is 4.35. The molecule has 0 bridgehead atoms. The molecule has 3 aromatic rings. The van der Waals surface area contributed by atoms with Crippen LogP contribution in [0.4, 0.5) is 0 Å². The zero-order valence-corrected chi connectivity index (χ0v) is 15.8. The normalized spacial score (nSPS) is 23.3. The standard InChI is InChI=1S/C20H20N4O2S/c1-23-11-16(9-22-23)15-4-5-19-17(7-15)18-12-24(13-20(18)27(19,25)26)10-14-3-2-6-21-8-14/h2-9,11,18,20H,10,12-13H2,1H3/t18-,20+/m1/s1. The number of aromatic nitrogens is 3.